The number of nitrogens with two attached hydrogens (primary N) is 1. The lowest BCUT2D eigenvalue weighted by Gasteiger charge is -2.33. The highest BCUT2D eigenvalue weighted by molar-refractivity contribution is 7.97. The Bertz CT molecular complexity index is 858. The van der Waals surface area contributed by atoms with Crippen molar-refractivity contribution >= 4 is 35.1 Å². The molecule has 6 nitrogen and oxygen atoms in total. The summed E-state index contributed by atoms with van der Waals surface area (Å²) >= 11 is 14.4. The van der Waals surface area contributed by atoms with E-state index in [-0.39, 0.29) is 5.92 Å². The monoisotopic (exact) mass is 513 g/mol. The molecule has 0 amide bonds. The Balaban J connectivity index is 1.38. The summed E-state index contributed by atoms with van der Waals surface area (Å²) in [6.07, 6.45) is 0. The summed E-state index contributed by atoms with van der Waals surface area (Å²) in [6, 6.07) is 12.6. The molecule has 0 radical (unpaired) electrons. The Hall–Kier alpha value is -0.870. The predicted octanol–water partition coefficient (Wildman–Crippen LogP) is 4.18. The number of halogens is 2. The summed E-state index contributed by atoms with van der Waals surface area (Å²) in [7, 11) is 2.13. The second-order valence-electron chi connectivity index (χ2n) is 7.90. The number of fused-ring (bicyclic) bond motifs is 1. The Labute approximate surface area is 211 Å². The third kappa shape index (κ3) is 8.69. The van der Waals surface area contributed by atoms with Gasteiger partial charge in [0.05, 0.1) is 39.6 Å². The fraction of sp³-hybridized carbons (Fsp3) is 0.500. The van der Waals surface area contributed by atoms with Crippen molar-refractivity contribution in [2.24, 2.45) is 5.73 Å². The van der Waals surface area contributed by atoms with Gasteiger partial charge in [0.25, 0.3) is 0 Å². The largest absolute Gasteiger partial charge is 0.378 e. The lowest BCUT2D eigenvalue weighted by Crippen LogP contribution is -2.31. The van der Waals surface area contributed by atoms with E-state index in [1.54, 1.807) is 11.9 Å². The van der Waals surface area contributed by atoms with Crippen molar-refractivity contribution in [2.75, 3.05) is 66.3 Å². The maximum absolute atomic E-state index is 6.48. The van der Waals surface area contributed by atoms with Crippen molar-refractivity contribution in [1.29, 1.82) is 0 Å². The van der Waals surface area contributed by atoms with Gasteiger partial charge in [-0.05, 0) is 60.0 Å². The zero-order valence-corrected chi connectivity index (χ0v) is 21.4. The number of ether oxygens (including phenoxy) is 3. The number of hydrogen-bond donors (Lipinski definition) is 2. The van der Waals surface area contributed by atoms with Gasteiger partial charge in [-0.2, -0.15) is 0 Å². The molecule has 0 spiro atoms. The molecule has 1 atom stereocenters. The topological polar surface area (TPSA) is 69.0 Å². The smallest absolute Gasteiger partial charge is 0.0701 e. The van der Waals surface area contributed by atoms with E-state index in [1.165, 1.54) is 16.7 Å². The van der Waals surface area contributed by atoms with Crippen LogP contribution in [-0.4, -0.2) is 71.2 Å². The molecular formula is C24H33Cl2N3O3S. The van der Waals surface area contributed by atoms with E-state index < -0.39 is 0 Å². The molecule has 0 aliphatic carbocycles. The normalized spacial score (nSPS) is 16.2. The summed E-state index contributed by atoms with van der Waals surface area (Å²) < 4.78 is 19.6. The minimum Gasteiger partial charge on any atom is -0.378 e. The second kappa shape index (κ2) is 14.5. The molecular weight excluding hydrogens is 481 g/mol. The highest BCUT2D eigenvalue weighted by Gasteiger charge is 2.27. The average Bonchev–Trinajstić information content (AvgIpc) is 2.80. The van der Waals surface area contributed by atoms with Gasteiger partial charge in [-0.15, -0.1) is 0 Å². The first-order valence-electron chi connectivity index (χ1n) is 11.2. The first-order valence-corrected chi connectivity index (χ1v) is 12.7. The van der Waals surface area contributed by atoms with Crippen LogP contribution in [0.2, 0.25) is 10.0 Å². The van der Waals surface area contributed by atoms with Crippen LogP contribution in [0.3, 0.4) is 0 Å². The number of nitrogens with zero attached hydrogens (tertiary/aromatic N) is 1. The molecule has 2 aromatic carbocycles. The van der Waals surface area contributed by atoms with Gasteiger partial charge >= 0.3 is 0 Å². The van der Waals surface area contributed by atoms with Gasteiger partial charge in [-0.25, -0.2) is 0 Å². The number of nitrogens with one attached hydrogen (secondary N) is 1. The van der Waals surface area contributed by atoms with Crippen LogP contribution < -0.4 is 10.5 Å². The molecule has 0 unspecified atom stereocenters. The van der Waals surface area contributed by atoms with Gasteiger partial charge < -0.3 is 24.8 Å². The maximum Gasteiger partial charge on any atom is 0.0701 e. The lowest BCUT2D eigenvalue weighted by atomic mass is 9.85. The summed E-state index contributed by atoms with van der Waals surface area (Å²) in [4.78, 5) is 3.46. The van der Waals surface area contributed by atoms with Crippen LogP contribution in [0.1, 0.15) is 22.6 Å². The maximum atomic E-state index is 6.48. The zero-order chi connectivity index (χ0) is 23.5. The standard InChI is InChI=1S/C24H33Cl2N3O3S/c1-29-16-22(21-14-19(25)15-24(26)23(21)17-29)18-2-4-20(5-3-18)33-28-7-9-31-11-13-32-12-10-30-8-6-27/h2-5,14-15,22,28H,6-13,16-17,27H2,1H3/t22-/m0/s1. The van der Waals surface area contributed by atoms with Crippen molar-refractivity contribution in [3.63, 3.8) is 0 Å². The van der Waals surface area contributed by atoms with E-state index in [9.17, 15) is 0 Å². The number of likely N-dealkylation sites (N-methyl/N-ethyl adjacent to an activating group) is 1. The third-order valence-corrected chi connectivity index (χ3v) is 6.73. The molecule has 0 bridgehead atoms. The van der Waals surface area contributed by atoms with E-state index in [1.807, 2.05) is 6.07 Å². The van der Waals surface area contributed by atoms with E-state index in [0.717, 1.165) is 29.6 Å². The minimum atomic E-state index is 0.254. The Morgan fingerprint density at radius 2 is 1.67 bits per heavy atom. The van der Waals surface area contributed by atoms with E-state index in [0.29, 0.717) is 51.2 Å². The van der Waals surface area contributed by atoms with Crippen molar-refractivity contribution in [1.82, 2.24) is 9.62 Å². The molecule has 33 heavy (non-hydrogen) atoms. The Kier molecular flexibility index (Phi) is 11.8. The summed E-state index contributed by atoms with van der Waals surface area (Å²) in [5, 5.41) is 1.44. The van der Waals surface area contributed by atoms with Crippen LogP contribution in [-0.2, 0) is 20.8 Å². The van der Waals surface area contributed by atoms with E-state index in [4.69, 9.17) is 43.1 Å². The van der Waals surface area contributed by atoms with Crippen molar-refractivity contribution in [2.45, 2.75) is 17.4 Å². The molecule has 2 aromatic rings. The number of rotatable bonds is 14. The first-order chi connectivity index (χ1) is 16.1. The van der Waals surface area contributed by atoms with Crippen LogP contribution in [0.5, 0.6) is 0 Å². The van der Waals surface area contributed by atoms with Crippen LogP contribution in [0.15, 0.2) is 41.3 Å². The third-order valence-electron chi connectivity index (χ3n) is 5.32. The fourth-order valence-corrected chi connectivity index (χ4v) is 4.97. The van der Waals surface area contributed by atoms with Gasteiger partial charge in [-0.1, -0.05) is 35.3 Å². The molecule has 9 heteroatoms. The van der Waals surface area contributed by atoms with Crippen LogP contribution >= 0.6 is 35.1 Å². The van der Waals surface area contributed by atoms with Gasteiger partial charge in [0, 0.05) is 47.0 Å². The van der Waals surface area contributed by atoms with Crippen molar-refractivity contribution in [3.05, 3.63) is 63.1 Å². The summed E-state index contributed by atoms with van der Waals surface area (Å²) in [5.41, 5.74) is 9.02. The minimum absolute atomic E-state index is 0.254. The number of benzene rings is 2. The highest BCUT2D eigenvalue weighted by atomic mass is 35.5. The van der Waals surface area contributed by atoms with Gasteiger partial charge in [0.2, 0.25) is 0 Å². The van der Waals surface area contributed by atoms with Crippen LogP contribution in [0.25, 0.3) is 0 Å². The van der Waals surface area contributed by atoms with Crippen LogP contribution in [0, 0.1) is 0 Å². The molecule has 182 valence electrons. The van der Waals surface area contributed by atoms with E-state index >= 15 is 0 Å². The number of hydrogen-bond acceptors (Lipinski definition) is 7. The van der Waals surface area contributed by atoms with E-state index in [2.05, 4.69) is 47.0 Å². The van der Waals surface area contributed by atoms with Crippen LogP contribution in [0.4, 0.5) is 0 Å². The summed E-state index contributed by atoms with van der Waals surface area (Å²) in [5.74, 6) is 0.254. The van der Waals surface area contributed by atoms with Gasteiger partial charge in [0.15, 0.2) is 0 Å². The average molecular weight is 515 g/mol. The zero-order valence-electron chi connectivity index (χ0n) is 19.0. The lowest BCUT2D eigenvalue weighted by molar-refractivity contribution is 0.0172. The molecule has 1 heterocycles. The van der Waals surface area contributed by atoms with Gasteiger partial charge in [0.1, 0.15) is 0 Å². The predicted molar refractivity (Wildman–Crippen MR) is 136 cm³/mol. The highest BCUT2D eigenvalue weighted by Crippen LogP contribution is 2.38. The molecule has 0 fully saturated rings. The second-order valence-corrected chi connectivity index (χ2v) is 9.70. The van der Waals surface area contributed by atoms with Crippen molar-refractivity contribution in [3.8, 4) is 0 Å². The molecule has 3 rings (SSSR count). The molecule has 3 N–H and O–H groups in total. The molecule has 1 aliphatic heterocycles. The van der Waals surface area contributed by atoms with Crippen molar-refractivity contribution < 1.29 is 14.2 Å². The molecule has 0 aromatic heterocycles. The first kappa shape index (κ1) is 26.7. The quantitative estimate of drug-likeness (QED) is 0.290. The molecule has 0 saturated heterocycles. The SMILES string of the molecule is CN1Cc2c(Cl)cc(Cl)cc2[C@H](c2ccc(SNCCOCCOCCOCCN)cc2)C1. The molecule has 1 aliphatic rings. The molecule has 0 saturated carbocycles. The Morgan fingerprint density at radius 3 is 2.36 bits per heavy atom. The van der Waals surface area contributed by atoms with Gasteiger partial charge in [-0.3, -0.25) is 4.72 Å². The Morgan fingerprint density at radius 1 is 1.00 bits per heavy atom. The summed E-state index contributed by atoms with van der Waals surface area (Å²) in [6.45, 7) is 6.55. The fourth-order valence-electron chi connectivity index (χ4n) is 3.77.